The largest absolute Gasteiger partial charge is 0.497 e. The molecule has 0 aliphatic carbocycles. The van der Waals surface area contributed by atoms with Crippen molar-refractivity contribution in [3.63, 3.8) is 0 Å². The van der Waals surface area contributed by atoms with Crippen molar-refractivity contribution in [2.24, 2.45) is 0 Å². The lowest BCUT2D eigenvalue weighted by Gasteiger charge is -2.28. The van der Waals surface area contributed by atoms with Crippen molar-refractivity contribution in [2.75, 3.05) is 49.8 Å². The number of nitrogens with zero attached hydrogens (tertiary/aromatic N) is 3. The molecule has 0 unspecified atom stereocenters. The van der Waals surface area contributed by atoms with E-state index in [-0.39, 0.29) is 6.17 Å². The Morgan fingerprint density at radius 2 is 1.80 bits per heavy atom. The topological polar surface area (TPSA) is 62.3 Å². The van der Waals surface area contributed by atoms with Gasteiger partial charge in [0, 0.05) is 26.2 Å². The molecule has 0 radical (unpaired) electrons. The van der Waals surface area contributed by atoms with E-state index >= 15 is 0 Å². The van der Waals surface area contributed by atoms with Crippen LogP contribution in [0.3, 0.4) is 0 Å². The van der Waals surface area contributed by atoms with Gasteiger partial charge < -0.3 is 19.3 Å². The van der Waals surface area contributed by atoms with Crippen molar-refractivity contribution in [2.45, 2.75) is 30.4 Å². The van der Waals surface area contributed by atoms with E-state index in [1.165, 1.54) is 9.87 Å². The SMILES string of the molecule is COc1ccc(CN2c3cc(S(=O)(=O)N4CCOCC4)ccc3N3CCC[C@@H]32)cc1. The average molecular weight is 430 g/mol. The average Bonchev–Trinajstić information content (AvgIpc) is 3.37. The third-order valence-electron chi connectivity index (χ3n) is 6.27. The highest BCUT2D eigenvalue weighted by atomic mass is 32.2. The molecule has 8 heteroatoms. The summed E-state index contributed by atoms with van der Waals surface area (Å²) in [5.41, 5.74) is 3.31. The molecule has 30 heavy (non-hydrogen) atoms. The fourth-order valence-electron chi connectivity index (χ4n) is 4.71. The maximum absolute atomic E-state index is 13.2. The molecule has 3 aliphatic rings. The van der Waals surface area contributed by atoms with Crippen molar-refractivity contribution in [3.8, 4) is 5.75 Å². The predicted molar refractivity (Wildman–Crippen MR) is 116 cm³/mol. The van der Waals surface area contributed by atoms with Crippen molar-refractivity contribution in [1.82, 2.24) is 4.31 Å². The molecule has 2 saturated heterocycles. The first kappa shape index (κ1) is 19.7. The highest BCUT2D eigenvalue weighted by Crippen LogP contribution is 2.45. The van der Waals surface area contributed by atoms with E-state index < -0.39 is 10.0 Å². The van der Waals surface area contributed by atoms with Gasteiger partial charge in [-0.1, -0.05) is 12.1 Å². The molecule has 1 atom stereocenters. The van der Waals surface area contributed by atoms with Crippen molar-refractivity contribution in [3.05, 3.63) is 48.0 Å². The molecule has 7 nitrogen and oxygen atoms in total. The van der Waals surface area contributed by atoms with Crippen LogP contribution in [0.1, 0.15) is 18.4 Å². The summed E-state index contributed by atoms with van der Waals surface area (Å²) in [5.74, 6) is 0.835. The van der Waals surface area contributed by atoms with Gasteiger partial charge in [-0.05, 0) is 48.7 Å². The second-order valence-corrected chi connectivity index (χ2v) is 9.90. The van der Waals surface area contributed by atoms with Crippen LogP contribution >= 0.6 is 0 Å². The summed E-state index contributed by atoms with van der Waals surface area (Å²) in [7, 11) is -1.86. The molecule has 2 aromatic carbocycles. The summed E-state index contributed by atoms with van der Waals surface area (Å²) < 4.78 is 38.5. The fourth-order valence-corrected chi connectivity index (χ4v) is 6.13. The third kappa shape index (κ3) is 3.33. The maximum atomic E-state index is 13.2. The van der Waals surface area contributed by atoms with E-state index in [1.54, 1.807) is 13.2 Å². The Labute approximate surface area is 177 Å². The Hall–Kier alpha value is -2.29. The van der Waals surface area contributed by atoms with E-state index in [1.807, 2.05) is 24.3 Å². The number of sulfonamides is 1. The molecule has 2 aromatic rings. The summed E-state index contributed by atoms with van der Waals surface area (Å²) in [4.78, 5) is 5.12. The molecular formula is C22H27N3O4S. The van der Waals surface area contributed by atoms with Crippen LogP contribution in [-0.4, -0.2) is 58.8 Å². The zero-order chi connectivity index (χ0) is 20.7. The van der Waals surface area contributed by atoms with Crippen molar-refractivity contribution >= 4 is 21.4 Å². The summed E-state index contributed by atoms with van der Waals surface area (Å²) in [6, 6.07) is 13.7. The first-order valence-electron chi connectivity index (χ1n) is 10.5. The normalized spacial score (nSPS) is 21.6. The first-order chi connectivity index (χ1) is 14.6. The molecule has 2 fully saturated rings. The van der Waals surface area contributed by atoms with E-state index in [2.05, 4.69) is 21.9 Å². The summed E-state index contributed by atoms with van der Waals surface area (Å²) in [5, 5.41) is 0. The third-order valence-corrected chi connectivity index (χ3v) is 8.16. The lowest BCUT2D eigenvalue weighted by molar-refractivity contribution is 0.0730. The zero-order valence-electron chi connectivity index (χ0n) is 17.2. The van der Waals surface area contributed by atoms with Gasteiger partial charge in [0.05, 0.1) is 36.6 Å². The number of morpholine rings is 1. The highest BCUT2D eigenvalue weighted by Gasteiger charge is 2.40. The zero-order valence-corrected chi connectivity index (χ0v) is 18.0. The van der Waals surface area contributed by atoms with Crippen LogP contribution in [0.5, 0.6) is 5.75 Å². The van der Waals surface area contributed by atoms with Crippen LogP contribution in [0.15, 0.2) is 47.4 Å². The second-order valence-electron chi connectivity index (χ2n) is 7.96. The molecule has 160 valence electrons. The van der Waals surface area contributed by atoms with E-state index in [4.69, 9.17) is 9.47 Å². The summed E-state index contributed by atoms with van der Waals surface area (Å²) in [6.07, 6.45) is 2.51. The summed E-state index contributed by atoms with van der Waals surface area (Å²) >= 11 is 0. The smallest absolute Gasteiger partial charge is 0.243 e. The van der Waals surface area contributed by atoms with Crippen LogP contribution in [0.4, 0.5) is 11.4 Å². The lowest BCUT2D eigenvalue weighted by atomic mass is 10.1. The van der Waals surface area contributed by atoms with Crippen LogP contribution in [-0.2, 0) is 21.3 Å². The first-order valence-corrected chi connectivity index (χ1v) is 11.9. The Balaban J connectivity index is 1.48. The number of rotatable bonds is 5. The minimum Gasteiger partial charge on any atom is -0.497 e. The number of hydrogen-bond acceptors (Lipinski definition) is 6. The molecule has 0 N–H and O–H groups in total. The standard InChI is InChI=1S/C22H27N3O4S/c1-28-18-6-4-17(5-7-18)16-25-21-15-19(30(26,27)23-11-13-29-14-12-23)8-9-20(21)24-10-2-3-22(24)25/h4-9,15,22H,2-3,10-14,16H2,1H3/t22-/m0/s1. The number of fused-ring (bicyclic) bond motifs is 3. The number of hydrogen-bond donors (Lipinski definition) is 0. The van der Waals surface area contributed by atoms with E-state index in [0.29, 0.717) is 31.2 Å². The van der Waals surface area contributed by atoms with Gasteiger partial charge in [0.2, 0.25) is 10.0 Å². The molecule has 5 rings (SSSR count). The number of anilines is 2. The molecule has 0 saturated carbocycles. The molecule has 0 spiro atoms. The Kier molecular flexibility index (Phi) is 5.08. The fraction of sp³-hybridized carbons (Fsp3) is 0.455. The Bertz CT molecular complexity index is 1020. The van der Waals surface area contributed by atoms with Gasteiger partial charge >= 0.3 is 0 Å². The molecule has 3 heterocycles. The van der Waals surface area contributed by atoms with E-state index in [9.17, 15) is 8.42 Å². The monoisotopic (exact) mass is 429 g/mol. The molecule has 0 aromatic heterocycles. The van der Waals surface area contributed by atoms with Crippen LogP contribution in [0.2, 0.25) is 0 Å². The number of benzene rings is 2. The van der Waals surface area contributed by atoms with Crippen LogP contribution in [0.25, 0.3) is 0 Å². The van der Waals surface area contributed by atoms with Gasteiger partial charge in [-0.3, -0.25) is 0 Å². The maximum Gasteiger partial charge on any atom is 0.243 e. The van der Waals surface area contributed by atoms with Gasteiger partial charge in [-0.15, -0.1) is 0 Å². The van der Waals surface area contributed by atoms with Gasteiger partial charge in [0.25, 0.3) is 0 Å². The van der Waals surface area contributed by atoms with Gasteiger partial charge in [-0.25, -0.2) is 8.42 Å². The van der Waals surface area contributed by atoms with E-state index in [0.717, 1.165) is 43.1 Å². The molecule has 0 bridgehead atoms. The quantitative estimate of drug-likeness (QED) is 0.728. The minimum atomic E-state index is -3.52. The predicted octanol–water partition coefficient (Wildman–Crippen LogP) is 2.66. The number of ether oxygens (including phenoxy) is 2. The minimum absolute atomic E-state index is 0.281. The van der Waals surface area contributed by atoms with Gasteiger partial charge in [-0.2, -0.15) is 4.31 Å². The lowest BCUT2D eigenvalue weighted by Crippen LogP contribution is -2.40. The van der Waals surface area contributed by atoms with Crippen molar-refractivity contribution in [1.29, 1.82) is 0 Å². The van der Waals surface area contributed by atoms with Crippen LogP contribution in [0, 0.1) is 0 Å². The Morgan fingerprint density at radius 3 is 2.53 bits per heavy atom. The van der Waals surface area contributed by atoms with Gasteiger partial charge in [0.15, 0.2) is 0 Å². The van der Waals surface area contributed by atoms with Gasteiger partial charge in [0.1, 0.15) is 11.9 Å². The highest BCUT2D eigenvalue weighted by molar-refractivity contribution is 7.89. The molecule has 0 amide bonds. The number of methoxy groups -OCH3 is 1. The molecular weight excluding hydrogens is 402 g/mol. The van der Waals surface area contributed by atoms with Crippen LogP contribution < -0.4 is 14.5 Å². The Morgan fingerprint density at radius 1 is 1.03 bits per heavy atom. The second kappa shape index (κ2) is 7.76. The van der Waals surface area contributed by atoms with Crippen molar-refractivity contribution < 1.29 is 17.9 Å². The summed E-state index contributed by atoms with van der Waals surface area (Å²) in [6.45, 7) is 3.45. The molecule has 3 aliphatic heterocycles.